The molecule has 33 heavy (non-hydrogen) atoms. The molecule has 1 aromatic heterocycles. The quantitative estimate of drug-likeness (QED) is 0.513. The van der Waals surface area contributed by atoms with E-state index in [0.717, 1.165) is 17.6 Å². The SMILES string of the molecule is COC(=O)C[C@H]1[C@]2(C)C3=C(C)[C@H](c4ccoc4)C[C@H]3O[C@@H]2[C@@H]2OC(=O)[C@@H]3C=CC(=O)[C@@]1(C)C23. The molecule has 0 N–H and O–H groups in total. The Kier molecular flexibility index (Phi) is 4.24. The van der Waals surface area contributed by atoms with Gasteiger partial charge in [-0.15, -0.1) is 0 Å². The first kappa shape index (κ1) is 20.9. The summed E-state index contributed by atoms with van der Waals surface area (Å²) < 4.78 is 23.0. The maximum absolute atomic E-state index is 13.5. The molecule has 5 aliphatic rings. The van der Waals surface area contributed by atoms with E-state index in [4.69, 9.17) is 18.6 Å². The van der Waals surface area contributed by atoms with E-state index in [2.05, 4.69) is 13.8 Å². The van der Waals surface area contributed by atoms with E-state index in [9.17, 15) is 14.4 Å². The standard InChI is InChI=1S/C26H28O7/c1-12-15(13-7-8-31-11-13)9-16-20(12)26(3)17(10-19(28)30-4)25(2)18(27)6-5-14-21(25)22(23(26)32-16)33-24(14)29/h5-8,11,14-17,21-23H,9-10H2,1-4H3/t14-,15-,16-,17-,21?,22-,23-,25+,26-/m1/s1. The third-order valence-corrected chi connectivity index (χ3v) is 9.44. The largest absolute Gasteiger partial charge is 0.472 e. The van der Waals surface area contributed by atoms with Crippen molar-refractivity contribution in [3.8, 4) is 0 Å². The van der Waals surface area contributed by atoms with Crippen molar-refractivity contribution in [1.29, 1.82) is 0 Å². The van der Waals surface area contributed by atoms with Crippen molar-refractivity contribution in [2.24, 2.45) is 28.6 Å². The monoisotopic (exact) mass is 452 g/mol. The molecule has 7 heteroatoms. The van der Waals surface area contributed by atoms with Crippen LogP contribution in [0.5, 0.6) is 0 Å². The summed E-state index contributed by atoms with van der Waals surface area (Å²) in [5.41, 5.74) is 1.80. The van der Waals surface area contributed by atoms with Gasteiger partial charge in [-0.25, -0.2) is 0 Å². The van der Waals surface area contributed by atoms with E-state index < -0.39 is 34.9 Å². The lowest BCUT2D eigenvalue weighted by atomic mass is 9.44. The van der Waals surface area contributed by atoms with Gasteiger partial charge >= 0.3 is 11.9 Å². The zero-order valence-electron chi connectivity index (χ0n) is 19.2. The molecular formula is C26H28O7. The number of furan rings is 1. The van der Waals surface area contributed by atoms with Crippen molar-refractivity contribution in [1.82, 2.24) is 0 Å². The molecule has 0 aromatic carbocycles. The van der Waals surface area contributed by atoms with E-state index >= 15 is 0 Å². The van der Waals surface area contributed by atoms with Gasteiger partial charge in [-0.05, 0) is 42.5 Å². The number of fused-ring (bicyclic) bond motifs is 4. The number of carbonyl (C=O) groups is 3. The van der Waals surface area contributed by atoms with Crippen LogP contribution < -0.4 is 0 Å². The third-order valence-electron chi connectivity index (χ3n) is 9.44. The van der Waals surface area contributed by atoms with E-state index in [1.165, 1.54) is 18.8 Å². The van der Waals surface area contributed by atoms with Crippen molar-refractivity contribution in [2.45, 2.75) is 57.8 Å². The van der Waals surface area contributed by atoms with Crippen LogP contribution in [0, 0.1) is 28.6 Å². The summed E-state index contributed by atoms with van der Waals surface area (Å²) in [7, 11) is 1.37. The minimum absolute atomic E-state index is 0.0632. The second-order valence-electron chi connectivity index (χ2n) is 10.6. The summed E-state index contributed by atoms with van der Waals surface area (Å²) in [5, 5.41) is 0. The Labute approximate surface area is 192 Å². The van der Waals surface area contributed by atoms with E-state index in [0.29, 0.717) is 0 Å². The van der Waals surface area contributed by atoms with Gasteiger partial charge in [0.1, 0.15) is 12.2 Å². The summed E-state index contributed by atoms with van der Waals surface area (Å²) >= 11 is 0. The van der Waals surface area contributed by atoms with Gasteiger partial charge in [0.25, 0.3) is 0 Å². The second kappa shape index (κ2) is 6.69. The molecule has 0 radical (unpaired) electrons. The zero-order valence-corrected chi connectivity index (χ0v) is 19.2. The molecule has 1 aromatic rings. The number of methoxy groups -OCH3 is 1. The normalized spacial score (nSPS) is 45.0. The first-order chi connectivity index (χ1) is 15.7. The van der Waals surface area contributed by atoms with Crippen LogP contribution >= 0.6 is 0 Å². The van der Waals surface area contributed by atoms with Crippen LogP contribution in [0.4, 0.5) is 0 Å². The Hall–Kier alpha value is -2.67. The molecule has 3 aliphatic carbocycles. The number of allylic oxidation sites excluding steroid dienone is 2. The second-order valence-corrected chi connectivity index (χ2v) is 10.6. The summed E-state index contributed by atoms with van der Waals surface area (Å²) in [6.45, 7) is 6.11. The highest BCUT2D eigenvalue weighted by Gasteiger charge is 2.75. The van der Waals surface area contributed by atoms with Gasteiger partial charge in [0.05, 0.1) is 38.1 Å². The molecule has 3 heterocycles. The molecule has 0 amide bonds. The van der Waals surface area contributed by atoms with Crippen LogP contribution in [0.2, 0.25) is 0 Å². The average Bonchev–Trinajstić information content (AvgIpc) is 3.54. The number of rotatable bonds is 3. The predicted molar refractivity (Wildman–Crippen MR) is 115 cm³/mol. The highest BCUT2D eigenvalue weighted by Crippen LogP contribution is 2.70. The fourth-order valence-electron chi connectivity index (χ4n) is 8.02. The Morgan fingerprint density at radius 3 is 2.73 bits per heavy atom. The lowest BCUT2D eigenvalue weighted by Gasteiger charge is -2.57. The van der Waals surface area contributed by atoms with Gasteiger partial charge < -0.3 is 18.6 Å². The lowest BCUT2D eigenvalue weighted by molar-refractivity contribution is -0.188. The summed E-state index contributed by atoms with van der Waals surface area (Å²) in [6.07, 6.45) is 6.34. The van der Waals surface area contributed by atoms with Crippen LogP contribution in [0.1, 0.15) is 45.1 Å². The third kappa shape index (κ3) is 2.41. The maximum Gasteiger partial charge on any atom is 0.313 e. The van der Waals surface area contributed by atoms with E-state index in [1.54, 1.807) is 18.6 Å². The Morgan fingerprint density at radius 2 is 2.03 bits per heavy atom. The summed E-state index contributed by atoms with van der Waals surface area (Å²) in [4.78, 5) is 39.1. The number of ether oxygens (including phenoxy) is 3. The first-order valence-electron chi connectivity index (χ1n) is 11.6. The van der Waals surface area contributed by atoms with Crippen molar-refractivity contribution in [3.63, 3.8) is 0 Å². The Balaban J connectivity index is 1.56. The molecule has 174 valence electrons. The number of carbonyl (C=O) groups excluding carboxylic acids is 3. The Bertz CT molecular complexity index is 1110. The van der Waals surface area contributed by atoms with Crippen molar-refractivity contribution in [3.05, 3.63) is 47.5 Å². The molecular weight excluding hydrogens is 424 g/mol. The molecule has 0 spiro atoms. The van der Waals surface area contributed by atoms with Crippen LogP contribution in [-0.4, -0.2) is 43.1 Å². The fraction of sp³-hybridized carbons (Fsp3) is 0.577. The number of hydrogen-bond acceptors (Lipinski definition) is 7. The van der Waals surface area contributed by atoms with Gasteiger partial charge in [-0.2, -0.15) is 0 Å². The van der Waals surface area contributed by atoms with Gasteiger partial charge in [-0.1, -0.05) is 25.5 Å². The highest BCUT2D eigenvalue weighted by atomic mass is 16.6. The molecule has 1 saturated carbocycles. The zero-order chi connectivity index (χ0) is 23.3. The smallest absolute Gasteiger partial charge is 0.313 e. The van der Waals surface area contributed by atoms with Crippen molar-refractivity contribution in [2.75, 3.05) is 7.11 Å². The molecule has 0 bridgehead atoms. The van der Waals surface area contributed by atoms with Gasteiger partial charge in [0.2, 0.25) is 0 Å². The van der Waals surface area contributed by atoms with E-state index in [-0.39, 0.29) is 42.1 Å². The Morgan fingerprint density at radius 1 is 1.24 bits per heavy atom. The average molecular weight is 453 g/mol. The molecule has 7 nitrogen and oxygen atoms in total. The van der Waals surface area contributed by atoms with E-state index in [1.807, 2.05) is 13.0 Å². The minimum Gasteiger partial charge on any atom is -0.472 e. The van der Waals surface area contributed by atoms with Crippen LogP contribution in [-0.2, 0) is 28.6 Å². The number of esters is 2. The topological polar surface area (TPSA) is 92.0 Å². The number of hydrogen-bond donors (Lipinski definition) is 0. The van der Waals surface area contributed by atoms with Crippen LogP contribution in [0.25, 0.3) is 0 Å². The molecule has 2 aliphatic heterocycles. The number of ketones is 1. The van der Waals surface area contributed by atoms with Crippen LogP contribution in [0.3, 0.4) is 0 Å². The summed E-state index contributed by atoms with van der Waals surface area (Å²) in [6, 6.07) is 1.97. The molecule has 3 fully saturated rings. The van der Waals surface area contributed by atoms with Gasteiger partial charge in [-0.3, -0.25) is 14.4 Å². The highest BCUT2D eigenvalue weighted by molar-refractivity contribution is 5.99. The van der Waals surface area contributed by atoms with Crippen molar-refractivity contribution < 1.29 is 33.0 Å². The van der Waals surface area contributed by atoms with Gasteiger partial charge in [0, 0.05) is 22.7 Å². The maximum atomic E-state index is 13.5. The fourth-order valence-corrected chi connectivity index (χ4v) is 8.02. The molecule has 6 rings (SSSR count). The lowest BCUT2D eigenvalue weighted by Crippen LogP contribution is -2.64. The van der Waals surface area contributed by atoms with Crippen LogP contribution in [0.15, 0.2) is 46.3 Å². The minimum atomic E-state index is -0.949. The predicted octanol–water partition coefficient (Wildman–Crippen LogP) is 3.35. The molecule has 9 atom stereocenters. The summed E-state index contributed by atoms with van der Waals surface area (Å²) in [5.74, 6) is -1.85. The first-order valence-corrected chi connectivity index (χ1v) is 11.6. The molecule has 1 unspecified atom stereocenters. The molecule has 2 saturated heterocycles. The van der Waals surface area contributed by atoms with Gasteiger partial charge in [0.15, 0.2) is 5.78 Å². The van der Waals surface area contributed by atoms with Crippen molar-refractivity contribution >= 4 is 17.7 Å².